The topological polar surface area (TPSA) is 101 Å². The Morgan fingerprint density at radius 3 is 2.33 bits per heavy atom. The van der Waals surface area contributed by atoms with E-state index in [9.17, 15) is 24.0 Å². The van der Waals surface area contributed by atoms with E-state index in [2.05, 4.69) is 0 Å². The summed E-state index contributed by atoms with van der Waals surface area (Å²) in [6.45, 7) is 0. The lowest BCUT2D eigenvalue weighted by atomic mass is 9.47. The molecule has 0 spiro atoms. The van der Waals surface area contributed by atoms with Gasteiger partial charge in [-0.05, 0) is 18.2 Å². The van der Waals surface area contributed by atoms with E-state index in [4.69, 9.17) is 4.74 Å². The van der Waals surface area contributed by atoms with E-state index < -0.39 is 52.9 Å². The summed E-state index contributed by atoms with van der Waals surface area (Å²) >= 11 is 0. The first-order chi connectivity index (χ1) is 14.3. The van der Waals surface area contributed by atoms with Crippen molar-refractivity contribution in [2.24, 2.45) is 29.1 Å². The second-order valence-corrected chi connectivity index (χ2v) is 8.35. The molecule has 8 nitrogen and oxygen atoms in total. The predicted molar refractivity (Wildman–Crippen MR) is 103 cm³/mol. The third-order valence-electron chi connectivity index (χ3n) is 7.23. The van der Waals surface area contributed by atoms with Gasteiger partial charge in [0.1, 0.15) is 5.41 Å². The minimum Gasteiger partial charge on any atom is -0.468 e. The second kappa shape index (κ2) is 6.10. The van der Waals surface area contributed by atoms with Crippen LogP contribution in [0.15, 0.2) is 42.5 Å². The van der Waals surface area contributed by atoms with Crippen LogP contribution in [-0.2, 0) is 28.7 Å². The lowest BCUT2D eigenvalue weighted by Crippen LogP contribution is -2.74. The summed E-state index contributed by atoms with van der Waals surface area (Å²) in [5.41, 5.74) is -0.905. The fourth-order valence-electron chi connectivity index (χ4n) is 6.13. The highest BCUT2D eigenvalue weighted by molar-refractivity contribution is 6.24. The van der Waals surface area contributed by atoms with Crippen molar-refractivity contribution in [3.8, 4) is 0 Å². The Hall–Kier alpha value is -3.29. The molecular weight excluding hydrogens is 388 g/mol. The van der Waals surface area contributed by atoms with Crippen molar-refractivity contribution in [2.45, 2.75) is 12.5 Å². The van der Waals surface area contributed by atoms with E-state index in [1.807, 2.05) is 0 Å². The van der Waals surface area contributed by atoms with Crippen LogP contribution >= 0.6 is 0 Å². The highest BCUT2D eigenvalue weighted by Gasteiger charge is 2.76. The number of piperidine rings is 2. The molecule has 2 aliphatic carbocycles. The molecule has 30 heavy (non-hydrogen) atoms. The molecule has 0 aromatic heterocycles. The van der Waals surface area contributed by atoms with Crippen LogP contribution in [0.3, 0.4) is 0 Å². The summed E-state index contributed by atoms with van der Waals surface area (Å²) in [6.07, 6.45) is 2.79. The summed E-state index contributed by atoms with van der Waals surface area (Å²) in [5.74, 6) is -5.44. The Kier molecular flexibility index (Phi) is 3.81. The zero-order valence-corrected chi connectivity index (χ0v) is 16.5. The lowest BCUT2D eigenvalue weighted by molar-refractivity contribution is -0.195. The number of fused-ring (bicyclic) bond motifs is 1. The van der Waals surface area contributed by atoms with Gasteiger partial charge in [0, 0.05) is 19.4 Å². The standard InChI is InChI=1S/C22H20N2O6/c1-23-17-16-15(19(27)24(20(16)28)11-6-4-3-5-7-11)14(18(23)26)13-10-12(25)8-9-22(13,17)21(29)30-2/h3-9,13-17H,10H2,1-2H3/t13-,14-,15+,16-,17+,22-/m1/s1. The number of hydrogen-bond donors (Lipinski definition) is 0. The fraction of sp³-hybridized carbons (Fsp3) is 0.409. The van der Waals surface area contributed by atoms with Crippen LogP contribution in [0.1, 0.15) is 6.42 Å². The first-order valence-electron chi connectivity index (χ1n) is 9.84. The molecule has 1 saturated carbocycles. The average Bonchev–Trinajstić information content (AvgIpc) is 3.01. The summed E-state index contributed by atoms with van der Waals surface area (Å²) < 4.78 is 5.09. The molecule has 0 N–H and O–H groups in total. The van der Waals surface area contributed by atoms with Crippen LogP contribution in [0.2, 0.25) is 0 Å². The van der Waals surface area contributed by atoms with Gasteiger partial charge in [-0.1, -0.05) is 24.3 Å². The average molecular weight is 408 g/mol. The largest absolute Gasteiger partial charge is 0.468 e. The van der Waals surface area contributed by atoms with Gasteiger partial charge in [0.2, 0.25) is 17.7 Å². The van der Waals surface area contributed by atoms with E-state index >= 15 is 0 Å². The molecule has 6 rings (SSSR count). The number of allylic oxidation sites excluding steroid dienone is 1. The number of benzene rings is 1. The molecule has 2 bridgehead atoms. The molecule has 4 fully saturated rings. The number of para-hydroxylation sites is 1. The summed E-state index contributed by atoms with van der Waals surface area (Å²) in [7, 11) is 2.79. The van der Waals surface area contributed by atoms with Gasteiger partial charge in [-0.3, -0.25) is 24.0 Å². The van der Waals surface area contributed by atoms with Crippen LogP contribution in [0.5, 0.6) is 0 Å². The zero-order chi connectivity index (χ0) is 21.4. The minimum absolute atomic E-state index is 0.0393. The molecule has 6 atom stereocenters. The van der Waals surface area contributed by atoms with E-state index in [1.54, 1.807) is 37.4 Å². The lowest BCUT2D eigenvalue weighted by Gasteiger charge is -2.61. The number of amides is 3. The fourth-order valence-corrected chi connectivity index (χ4v) is 6.13. The molecule has 3 aliphatic heterocycles. The maximum atomic E-state index is 13.5. The van der Waals surface area contributed by atoms with Crippen molar-refractivity contribution in [1.82, 2.24) is 4.90 Å². The van der Waals surface area contributed by atoms with Crippen molar-refractivity contribution in [2.75, 3.05) is 19.1 Å². The van der Waals surface area contributed by atoms with E-state index in [-0.39, 0.29) is 18.1 Å². The third-order valence-corrected chi connectivity index (χ3v) is 7.23. The molecule has 0 unspecified atom stereocenters. The Bertz CT molecular complexity index is 1030. The van der Waals surface area contributed by atoms with E-state index in [1.165, 1.54) is 24.2 Å². The smallest absolute Gasteiger partial charge is 0.318 e. The number of imide groups is 1. The van der Waals surface area contributed by atoms with Gasteiger partial charge in [0.15, 0.2) is 5.78 Å². The molecule has 5 aliphatic rings. The van der Waals surface area contributed by atoms with Crippen molar-refractivity contribution in [3.05, 3.63) is 42.5 Å². The molecule has 3 amide bonds. The maximum absolute atomic E-state index is 13.5. The van der Waals surface area contributed by atoms with Gasteiger partial charge in [0.25, 0.3) is 0 Å². The number of nitrogens with zero attached hydrogens (tertiary/aromatic N) is 2. The Balaban J connectivity index is 1.72. The molecule has 8 heteroatoms. The SMILES string of the molecule is COC(=O)[C@]12C=CC(=O)C[C@@H]1[C@H]1C(=O)N(C)[C@H]2[C@@H]2C(=O)N(c3ccccc3)C(=O)[C@H]21. The van der Waals surface area contributed by atoms with E-state index in [0.29, 0.717) is 5.69 Å². The van der Waals surface area contributed by atoms with Crippen LogP contribution in [0, 0.1) is 29.1 Å². The molecule has 0 radical (unpaired) electrons. The van der Waals surface area contributed by atoms with Crippen molar-refractivity contribution in [3.63, 3.8) is 0 Å². The summed E-state index contributed by atoms with van der Waals surface area (Å²) in [6, 6.07) is 7.65. The van der Waals surface area contributed by atoms with Crippen LogP contribution < -0.4 is 4.90 Å². The zero-order valence-electron chi connectivity index (χ0n) is 16.5. The van der Waals surface area contributed by atoms with Crippen molar-refractivity contribution >= 4 is 35.2 Å². The quantitative estimate of drug-likeness (QED) is 0.524. The highest BCUT2D eigenvalue weighted by atomic mass is 16.5. The number of esters is 1. The van der Waals surface area contributed by atoms with Crippen molar-refractivity contribution in [1.29, 1.82) is 0 Å². The van der Waals surface area contributed by atoms with Crippen LogP contribution in [0.25, 0.3) is 0 Å². The number of anilines is 1. The number of methoxy groups -OCH3 is 1. The Morgan fingerprint density at radius 2 is 1.67 bits per heavy atom. The number of carbonyl (C=O) groups excluding carboxylic acids is 5. The number of ketones is 1. The van der Waals surface area contributed by atoms with Gasteiger partial charge in [-0.2, -0.15) is 0 Å². The number of hydrogen-bond acceptors (Lipinski definition) is 6. The molecule has 3 saturated heterocycles. The number of ether oxygens (including phenoxy) is 1. The van der Waals surface area contributed by atoms with Gasteiger partial charge >= 0.3 is 5.97 Å². The van der Waals surface area contributed by atoms with Gasteiger partial charge < -0.3 is 9.64 Å². The highest BCUT2D eigenvalue weighted by Crippen LogP contribution is 2.62. The summed E-state index contributed by atoms with van der Waals surface area (Å²) in [5, 5.41) is 0. The monoisotopic (exact) mass is 408 g/mol. The number of rotatable bonds is 2. The van der Waals surface area contributed by atoms with Gasteiger partial charge in [0.05, 0.1) is 36.6 Å². The second-order valence-electron chi connectivity index (χ2n) is 8.35. The molecule has 154 valence electrons. The first-order valence-corrected chi connectivity index (χ1v) is 9.84. The normalized spacial score (nSPS) is 36.8. The molecule has 3 heterocycles. The van der Waals surface area contributed by atoms with E-state index in [0.717, 1.165) is 4.90 Å². The molecule has 1 aromatic rings. The van der Waals surface area contributed by atoms with Gasteiger partial charge in [-0.25, -0.2) is 4.90 Å². The van der Waals surface area contributed by atoms with Crippen LogP contribution in [0.4, 0.5) is 5.69 Å². The Labute approximate surface area is 172 Å². The third kappa shape index (κ3) is 2.03. The van der Waals surface area contributed by atoms with Crippen molar-refractivity contribution < 1.29 is 28.7 Å². The minimum atomic E-state index is -1.33. The molecule has 1 aromatic carbocycles. The maximum Gasteiger partial charge on any atom is 0.318 e. The summed E-state index contributed by atoms with van der Waals surface area (Å²) in [4.78, 5) is 67.9. The number of carbonyl (C=O) groups is 5. The van der Waals surface area contributed by atoms with Crippen LogP contribution in [-0.4, -0.2) is 54.6 Å². The Morgan fingerprint density at radius 1 is 1.00 bits per heavy atom. The predicted octanol–water partition coefficient (Wildman–Crippen LogP) is 0.567. The molecular formula is C22H20N2O6. The first kappa shape index (κ1) is 18.7. The van der Waals surface area contributed by atoms with Gasteiger partial charge in [-0.15, -0.1) is 0 Å².